The molecule has 6 nitrogen and oxygen atoms in total. The summed E-state index contributed by atoms with van der Waals surface area (Å²) in [6.45, 7) is 0.367. The SMILES string of the molecule is O=C(NCc1cncs1)NC1(C(=O)O)CCCCCC1. The maximum atomic E-state index is 11.9. The summed E-state index contributed by atoms with van der Waals surface area (Å²) in [5, 5.41) is 14.8. The lowest BCUT2D eigenvalue weighted by molar-refractivity contribution is -0.145. The van der Waals surface area contributed by atoms with Gasteiger partial charge in [0.15, 0.2) is 0 Å². The molecule has 1 aromatic heterocycles. The number of amides is 2. The number of hydrogen-bond acceptors (Lipinski definition) is 4. The molecule has 2 amide bonds. The Labute approximate surface area is 121 Å². The Kier molecular flexibility index (Phi) is 4.94. The minimum atomic E-state index is -1.12. The third-order valence-corrected chi connectivity index (χ3v) is 4.41. The molecule has 110 valence electrons. The minimum Gasteiger partial charge on any atom is -0.480 e. The second-order valence-electron chi connectivity index (χ2n) is 5.08. The van der Waals surface area contributed by atoms with Crippen LogP contribution >= 0.6 is 11.3 Å². The fraction of sp³-hybridized carbons (Fsp3) is 0.615. The third kappa shape index (κ3) is 3.69. The zero-order chi connectivity index (χ0) is 14.4. The zero-order valence-electron chi connectivity index (χ0n) is 11.2. The molecule has 1 heterocycles. The van der Waals surface area contributed by atoms with E-state index in [1.807, 2.05) is 0 Å². The van der Waals surface area contributed by atoms with E-state index in [-0.39, 0.29) is 0 Å². The summed E-state index contributed by atoms with van der Waals surface area (Å²) in [7, 11) is 0. The Morgan fingerprint density at radius 3 is 2.55 bits per heavy atom. The molecule has 7 heteroatoms. The molecule has 20 heavy (non-hydrogen) atoms. The van der Waals surface area contributed by atoms with Crippen LogP contribution in [0.25, 0.3) is 0 Å². The van der Waals surface area contributed by atoms with Crippen LogP contribution in [0, 0.1) is 0 Å². The highest BCUT2D eigenvalue weighted by molar-refractivity contribution is 7.09. The predicted octanol–water partition coefficient (Wildman–Crippen LogP) is 2.12. The first kappa shape index (κ1) is 14.8. The number of aromatic nitrogens is 1. The smallest absolute Gasteiger partial charge is 0.329 e. The number of carbonyl (C=O) groups is 2. The molecular formula is C13H19N3O3S. The normalized spacial score (nSPS) is 18.0. The summed E-state index contributed by atoms with van der Waals surface area (Å²) < 4.78 is 0. The van der Waals surface area contributed by atoms with Gasteiger partial charge in [-0.2, -0.15) is 0 Å². The fourth-order valence-corrected chi connectivity index (χ4v) is 3.02. The highest BCUT2D eigenvalue weighted by Crippen LogP contribution is 2.27. The maximum absolute atomic E-state index is 11.9. The van der Waals surface area contributed by atoms with E-state index in [4.69, 9.17) is 0 Å². The van der Waals surface area contributed by atoms with Crippen molar-refractivity contribution in [2.45, 2.75) is 50.6 Å². The molecule has 3 N–H and O–H groups in total. The van der Waals surface area contributed by atoms with Gasteiger partial charge in [-0.25, -0.2) is 9.59 Å². The van der Waals surface area contributed by atoms with Crippen LogP contribution in [0.1, 0.15) is 43.4 Å². The van der Waals surface area contributed by atoms with Gasteiger partial charge in [0.25, 0.3) is 0 Å². The predicted molar refractivity (Wildman–Crippen MR) is 75.6 cm³/mol. The maximum Gasteiger partial charge on any atom is 0.329 e. The molecule has 2 rings (SSSR count). The van der Waals surface area contributed by atoms with Gasteiger partial charge in [0, 0.05) is 11.1 Å². The Hall–Kier alpha value is -1.63. The molecule has 1 aromatic rings. The quantitative estimate of drug-likeness (QED) is 0.742. The number of nitrogens with one attached hydrogen (secondary N) is 2. The molecule has 0 unspecified atom stereocenters. The lowest BCUT2D eigenvalue weighted by Gasteiger charge is -2.29. The number of urea groups is 1. The van der Waals surface area contributed by atoms with Crippen LogP contribution in [0.3, 0.4) is 0 Å². The second kappa shape index (κ2) is 6.69. The van der Waals surface area contributed by atoms with Gasteiger partial charge in [-0.1, -0.05) is 25.7 Å². The standard InChI is InChI=1S/C13H19N3O3S/c17-11(18)13(5-3-1-2-4-6-13)16-12(19)15-8-10-7-14-9-20-10/h7,9H,1-6,8H2,(H,17,18)(H2,15,16,19). The highest BCUT2D eigenvalue weighted by atomic mass is 32.1. The zero-order valence-corrected chi connectivity index (χ0v) is 12.0. The second-order valence-corrected chi connectivity index (χ2v) is 6.05. The lowest BCUT2D eigenvalue weighted by Crippen LogP contribution is -2.56. The number of nitrogens with zero attached hydrogens (tertiary/aromatic N) is 1. The van der Waals surface area contributed by atoms with Crippen molar-refractivity contribution in [3.8, 4) is 0 Å². The Bertz CT molecular complexity index is 453. The van der Waals surface area contributed by atoms with E-state index in [0.717, 1.165) is 30.6 Å². The number of thiazole rings is 1. The first-order chi connectivity index (χ1) is 9.62. The van der Waals surface area contributed by atoms with E-state index in [0.29, 0.717) is 19.4 Å². The molecule has 0 saturated heterocycles. The molecule has 0 bridgehead atoms. The summed E-state index contributed by atoms with van der Waals surface area (Å²) >= 11 is 1.45. The van der Waals surface area contributed by atoms with Gasteiger partial charge in [-0.3, -0.25) is 4.98 Å². The van der Waals surface area contributed by atoms with Crippen LogP contribution in [0.2, 0.25) is 0 Å². The van der Waals surface area contributed by atoms with Crippen LogP contribution in [-0.4, -0.2) is 27.6 Å². The summed E-state index contributed by atoms with van der Waals surface area (Å²) in [6, 6.07) is -0.428. The topological polar surface area (TPSA) is 91.3 Å². The Morgan fingerprint density at radius 1 is 1.30 bits per heavy atom. The van der Waals surface area contributed by atoms with Crippen molar-refractivity contribution in [1.29, 1.82) is 0 Å². The Morgan fingerprint density at radius 2 is 2.00 bits per heavy atom. The van der Waals surface area contributed by atoms with Gasteiger partial charge >= 0.3 is 12.0 Å². The molecule has 1 fully saturated rings. The number of carbonyl (C=O) groups excluding carboxylic acids is 1. The van der Waals surface area contributed by atoms with Gasteiger partial charge < -0.3 is 15.7 Å². The first-order valence-electron chi connectivity index (χ1n) is 6.79. The molecule has 0 radical (unpaired) electrons. The average molecular weight is 297 g/mol. The molecule has 0 aromatic carbocycles. The van der Waals surface area contributed by atoms with Gasteiger partial charge in [0.05, 0.1) is 12.1 Å². The summed E-state index contributed by atoms with van der Waals surface area (Å²) in [5.41, 5.74) is 0.577. The van der Waals surface area contributed by atoms with Crippen LogP contribution in [0.5, 0.6) is 0 Å². The van der Waals surface area contributed by atoms with Crippen molar-refractivity contribution >= 4 is 23.3 Å². The summed E-state index contributed by atoms with van der Waals surface area (Å²) in [6.07, 6.45) is 6.40. The van der Waals surface area contributed by atoms with Gasteiger partial charge in [-0.15, -0.1) is 11.3 Å². The van der Waals surface area contributed by atoms with E-state index in [9.17, 15) is 14.7 Å². The highest BCUT2D eigenvalue weighted by Gasteiger charge is 2.40. The van der Waals surface area contributed by atoms with E-state index >= 15 is 0 Å². The van der Waals surface area contributed by atoms with E-state index in [2.05, 4.69) is 15.6 Å². The number of rotatable bonds is 4. The molecule has 1 aliphatic rings. The van der Waals surface area contributed by atoms with Crippen molar-refractivity contribution < 1.29 is 14.7 Å². The molecular weight excluding hydrogens is 278 g/mol. The van der Waals surface area contributed by atoms with Crippen molar-refractivity contribution in [2.24, 2.45) is 0 Å². The number of hydrogen-bond donors (Lipinski definition) is 3. The molecule has 1 saturated carbocycles. The average Bonchev–Trinajstić information content (AvgIpc) is 2.82. The van der Waals surface area contributed by atoms with Crippen molar-refractivity contribution in [2.75, 3.05) is 0 Å². The van der Waals surface area contributed by atoms with Crippen molar-refractivity contribution in [1.82, 2.24) is 15.6 Å². The van der Waals surface area contributed by atoms with Crippen molar-refractivity contribution in [3.63, 3.8) is 0 Å². The van der Waals surface area contributed by atoms with E-state index in [1.54, 1.807) is 11.7 Å². The van der Waals surface area contributed by atoms with Crippen LogP contribution in [0.4, 0.5) is 4.79 Å². The van der Waals surface area contributed by atoms with Crippen molar-refractivity contribution in [3.05, 3.63) is 16.6 Å². The van der Waals surface area contributed by atoms with Crippen LogP contribution in [-0.2, 0) is 11.3 Å². The van der Waals surface area contributed by atoms with Gasteiger partial charge in [0.1, 0.15) is 5.54 Å². The molecule has 0 aliphatic heterocycles. The lowest BCUT2D eigenvalue weighted by atomic mass is 9.90. The van der Waals surface area contributed by atoms with Gasteiger partial charge in [-0.05, 0) is 12.8 Å². The summed E-state index contributed by atoms with van der Waals surface area (Å²) in [4.78, 5) is 28.3. The third-order valence-electron chi connectivity index (χ3n) is 3.63. The monoisotopic (exact) mass is 297 g/mol. The van der Waals surface area contributed by atoms with E-state index in [1.165, 1.54) is 11.3 Å². The summed E-state index contributed by atoms with van der Waals surface area (Å²) in [5.74, 6) is -0.938. The van der Waals surface area contributed by atoms with Crippen LogP contribution < -0.4 is 10.6 Å². The molecule has 1 aliphatic carbocycles. The first-order valence-corrected chi connectivity index (χ1v) is 7.67. The number of carboxylic acids is 1. The largest absolute Gasteiger partial charge is 0.480 e. The minimum absolute atomic E-state index is 0.367. The Balaban J connectivity index is 1.93. The fourth-order valence-electron chi connectivity index (χ4n) is 2.48. The molecule has 0 atom stereocenters. The number of aliphatic carboxylic acids is 1. The molecule has 0 spiro atoms. The van der Waals surface area contributed by atoms with Gasteiger partial charge in [0.2, 0.25) is 0 Å². The number of carboxylic acid groups (broad SMARTS) is 1. The van der Waals surface area contributed by atoms with E-state index < -0.39 is 17.5 Å². The van der Waals surface area contributed by atoms with Crippen LogP contribution in [0.15, 0.2) is 11.7 Å².